The molecule has 0 saturated heterocycles. The van der Waals surface area contributed by atoms with Gasteiger partial charge in [-0.15, -0.1) is 0 Å². The van der Waals surface area contributed by atoms with E-state index in [0.29, 0.717) is 16.7 Å². The highest BCUT2D eigenvalue weighted by molar-refractivity contribution is 6.29. The van der Waals surface area contributed by atoms with Crippen LogP contribution in [0.4, 0.5) is 0 Å². The molecule has 0 atom stereocenters. The van der Waals surface area contributed by atoms with Gasteiger partial charge >= 0.3 is 0 Å². The van der Waals surface area contributed by atoms with Crippen molar-refractivity contribution in [2.75, 3.05) is 14.2 Å². The van der Waals surface area contributed by atoms with E-state index in [2.05, 4.69) is 9.97 Å². The number of halogens is 1. The van der Waals surface area contributed by atoms with Gasteiger partial charge in [-0.25, -0.2) is 4.98 Å². The first-order valence-electron chi connectivity index (χ1n) is 4.94. The molecule has 0 unspecified atom stereocenters. The highest BCUT2D eigenvalue weighted by atomic mass is 35.5. The largest absolute Gasteiger partial charge is 0.493 e. The second kappa shape index (κ2) is 5.01. The molecule has 0 aliphatic rings. The number of ether oxygens (including phenoxy) is 2. The molecule has 1 aromatic carbocycles. The summed E-state index contributed by atoms with van der Waals surface area (Å²) in [7, 11) is 3.19. The molecule has 5 heteroatoms. The quantitative estimate of drug-likeness (QED) is 0.840. The Balaban J connectivity index is 2.42. The Hall–Kier alpha value is -1.81. The molecule has 2 aromatic rings. The summed E-state index contributed by atoms with van der Waals surface area (Å²) in [5.74, 6) is 1.33. The van der Waals surface area contributed by atoms with Crippen LogP contribution >= 0.6 is 11.6 Å². The predicted molar refractivity (Wildman–Crippen MR) is 65.6 cm³/mol. The summed E-state index contributed by atoms with van der Waals surface area (Å²) in [6, 6.07) is 5.56. The molecular weight excluding hydrogens is 240 g/mol. The summed E-state index contributed by atoms with van der Waals surface area (Å²) in [5, 5.41) is 0.370. The molecule has 0 spiro atoms. The predicted octanol–water partition coefficient (Wildman–Crippen LogP) is 2.81. The molecule has 2 rings (SSSR count). The van der Waals surface area contributed by atoms with Crippen molar-refractivity contribution < 1.29 is 9.47 Å². The van der Waals surface area contributed by atoms with Gasteiger partial charge in [0.25, 0.3) is 0 Å². The van der Waals surface area contributed by atoms with Crippen molar-refractivity contribution in [3.8, 4) is 22.8 Å². The van der Waals surface area contributed by atoms with Crippen LogP contribution in [0.25, 0.3) is 11.3 Å². The van der Waals surface area contributed by atoms with E-state index >= 15 is 0 Å². The van der Waals surface area contributed by atoms with Gasteiger partial charge in [0.05, 0.1) is 32.3 Å². The third kappa shape index (κ3) is 2.47. The minimum Gasteiger partial charge on any atom is -0.493 e. The second-order valence-corrected chi connectivity index (χ2v) is 3.68. The zero-order valence-electron chi connectivity index (χ0n) is 9.48. The standard InChI is InChI=1S/C12H11ClN2O2/c1-16-10-4-3-8(5-11(10)17-2)9-6-15-12(13)7-14-9/h3-7H,1-2H3. The summed E-state index contributed by atoms with van der Waals surface area (Å²) < 4.78 is 10.4. The van der Waals surface area contributed by atoms with Gasteiger partial charge in [-0.05, 0) is 18.2 Å². The number of hydrogen-bond donors (Lipinski definition) is 0. The lowest BCUT2D eigenvalue weighted by Crippen LogP contribution is -1.92. The SMILES string of the molecule is COc1ccc(-c2cnc(Cl)cn2)cc1OC. The van der Waals surface area contributed by atoms with Crippen LogP contribution in [0.2, 0.25) is 5.15 Å². The maximum absolute atomic E-state index is 5.69. The Morgan fingerprint density at radius 2 is 1.76 bits per heavy atom. The Morgan fingerprint density at radius 3 is 2.35 bits per heavy atom. The molecule has 0 fully saturated rings. The van der Waals surface area contributed by atoms with Crippen molar-refractivity contribution >= 4 is 11.6 Å². The third-order valence-corrected chi connectivity index (χ3v) is 2.49. The number of rotatable bonds is 3. The smallest absolute Gasteiger partial charge is 0.161 e. The normalized spacial score (nSPS) is 10.1. The van der Waals surface area contributed by atoms with E-state index in [4.69, 9.17) is 21.1 Å². The van der Waals surface area contributed by atoms with Crippen molar-refractivity contribution in [2.45, 2.75) is 0 Å². The highest BCUT2D eigenvalue weighted by Gasteiger charge is 2.07. The van der Waals surface area contributed by atoms with Crippen LogP contribution in [-0.4, -0.2) is 24.2 Å². The van der Waals surface area contributed by atoms with Gasteiger partial charge in [0.2, 0.25) is 0 Å². The number of methoxy groups -OCH3 is 2. The van der Waals surface area contributed by atoms with E-state index in [9.17, 15) is 0 Å². The van der Waals surface area contributed by atoms with Gasteiger partial charge in [0.15, 0.2) is 11.5 Å². The van der Waals surface area contributed by atoms with Crippen LogP contribution in [-0.2, 0) is 0 Å². The van der Waals surface area contributed by atoms with E-state index in [0.717, 1.165) is 11.3 Å². The minimum absolute atomic E-state index is 0.370. The Kier molecular flexibility index (Phi) is 3.44. The van der Waals surface area contributed by atoms with E-state index in [1.54, 1.807) is 20.4 Å². The molecule has 1 aromatic heterocycles. The van der Waals surface area contributed by atoms with E-state index < -0.39 is 0 Å². The zero-order chi connectivity index (χ0) is 12.3. The number of benzene rings is 1. The highest BCUT2D eigenvalue weighted by Crippen LogP contribution is 2.31. The van der Waals surface area contributed by atoms with Gasteiger partial charge in [-0.3, -0.25) is 4.98 Å². The fraction of sp³-hybridized carbons (Fsp3) is 0.167. The first-order valence-corrected chi connectivity index (χ1v) is 5.32. The number of hydrogen-bond acceptors (Lipinski definition) is 4. The van der Waals surface area contributed by atoms with E-state index in [1.165, 1.54) is 6.20 Å². The molecule has 4 nitrogen and oxygen atoms in total. The molecule has 0 aliphatic carbocycles. The van der Waals surface area contributed by atoms with Gasteiger partial charge in [0, 0.05) is 5.56 Å². The van der Waals surface area contributed by atoms with E-state index in [-0.39, 0.29) is 0 Å². The monoisotopic (exact) mass is 250 g/mol. The second-order valence-electron chi connectivity index (χ2n) is 3.29. The maximum atomic E-state index is 5.69. The van der Waals surface area contributed by atoms with Crippen LogP contribution in [0.15, 0.2) is 30.6 Å². The lowest BCUT2D eigenvalue weighted by atomic mass is 10.1. The summed E-state index contributed by atoms with van der Waals surface area (Å²) in [6.45, 7) is 0. The fourth-order valence-corrected chi connectivity index (χ4v) is 1.55. The Labute approximate surface area is 104 Å². The van der Waals surface area contributed by atoms with Crippen LogP contribution in [0.1, 0.15) is 0 Å². The molecule has 0 saturated carbocycles. The summed E-state index contributed by atoms with van der Waals surface area (Å²) in [5.41, 5.74) is 1.63. The molecule has 0 bridgehead atoms. The molecule has 0 N–H and O–H groups in total. The van der Waals surface area contributed by atoms with Crippen LogP contribution in [0.5, 0.6) is 11.5 Å². The molecule has 0 aliphatic heterocycles. The van der Waals surface area contributed by atoms with Gasteiger partial charge in [-0.1, -0.05) is 11.6 Å². The maximum Gasteiger partial charge on any atom is 0.161 e. The van der Waals surface area contributed by atoms with Crippen LogP contribution < -0.4 is 9.47 Å². The van der Waals surface area contributed by atoms with Gasteiger partial charge in [-0.2, -0.15) is 0 Å². The molecule has 0 radical (unpaired) electrons. The first kappa shape index (κ1) is 11.7. The van der Waals surface area contributed by atoms with Crippen molar-refractivity contribution in [1.29, 1.82) is 0 Å². The molecule has 17 heavy (non-hydrogen) atoms. The number of nitrogens with zero attached hydrogens (tertiary/aromatic N) is 2. The first-order chi connectivity index (χ1) is 8.24. The Bertz CT molecular complexity index is 514. The lowest BCUT2D eigenvalue weighted by Gasteiger charge is -2.08. The molecule has 0 amide bonds. The van der Waals surface area contributed by atoms with Crippen molar-refractivity contribution in [2.24, 2.45) is 0 Å². The number of aromatic nitrogens is 2. The summed E-state index contributed by atoms with van der Waals surface area (Å²) >= 11 is 5.69. The zero-order valence-corrected chi connectivity index (χ0v) is 10.2. The van der Waals surface area contributed by atoms with Crippen molar-refractivity contribution in [1.82, 2.24) is 9.97 Å². The van der Waals surface area contributed by atoms with E-state index in [1.807, 2.05) is 18.2 Å². The molecule has 88 valence electrons. The van der Waals surface area contributed by atoms with Gasteiger partial charge < -0.3 is 9.47 Å². The van der Waals surface area contributed by atoms with Crippen LogP contribution in [0, 0.1) is 0 Å². The van der Waals surface area contributed by atoms with Crippen molar-refractivity contribution in [3.05, 3.63) is 35.7 Å². The molecule has 1 heterocycles. The minimum atomic E-state index is 0.370. The lowest BCUT2D eigenvalue weighted by molar-refractivity contribution is 0.355. The van der Waals surface area contributed by atoms with Gasteiger partial charge in [0.1, 0.15) is 5.15 Å². The summed E-state index contributed by atoms with van der Waals surface area (Å²) in [6.07, 6.45) is 3.12. The van der Waals surface area contributed by atoms with Crippen molar-refractivity contribution in [3.63, 3.8) is 0 Å². The average molecular weight is 251 g/mol. The third-order valence-electron chi connectivity index (χ3n) is 2.30. The molecular formula is C12H11ClN2O2. The van der Waals surface area contributed by atoms with Crippen LogP contribution in [0.3, 0.4) is 0 Å². The summed E-state index contributed by atoms with van der Waals surface area (Å²) in [4.78, 5) is 8.17. The topological polar surface area (TPSA) is 44.2 Å². The fourth-order valence-electron chi connectivity index (χ4n) is 1.46. The Morgan fingerprint density at radius 1 is 1.00 bits per heavy atom. The average Bonchev–Trinajstić information content (AvgIpc) is 2.39.